The summed E-state index contributed by atoms with van der Waals surface area (Å²) in [6, 6.07) is 0. The molecule has 0 radical (unpaired) electrons. The van der Waals surface area contributed by atoms with Crippen LogP contribution in [0.5, 0.6) is 0 Å². The first-order valence-corrected chi connectivity index (χ1v) is 4.89. The third-order valence-corrected chi connectivity index (χ3v) is 2.86. The SMILES string of the molecule is OC1(CNc2nncs2)CCC1. The zero-order valence-electron chi connectivity index (χ0n) is 6.66. The average Bonchev–Trinajstić information content (AvgIpc) is 2.49. The number of nitrogens with zero attached hydrogens (tertiary/aromatic N) is 2. The van der Waals surface area contributed by atoms with Crippen LogP contribution in [0.3, 0.4) is 0 Å². The molecule has 0 bridgehead atoms. The van der Waals surface area contributed by atoms with Gasteiger partial charge in [0, 0.05) is 6.54 Å². The van der Waals surface area contributed by atoms with Crippen molar-refractivity contribution in [1.29, 1.82) is 0 Å². The van der Waals surface area contributed by atoms with E-state index in [0.29, 0.717) is 6.54 Å². The van der Waals surface area contributed by atoms with Crippen molar-refractivity contribution in [2.24, 2.45) is 0 Å². The molecule has 1 heterocycles. The number of aliphatic hydroxyl groups is 1. The van der Waals surface area contributed by atoms with E-state index in [-0.39, 0.29) is 0 Å². The number of anilines is 1. The van der Waals surface area contributed by atoms with Crippen LogP contribution in [0.2, 0.25) is 0 Å². The molecular weight excluding hydrogens is 174 g/mol. The molecule has 0 aromatic carbocycles. The molecule has 1 aromatic rings. The van der Waals surface area contributed by atoms with Gasteiger partial charge in [0.1, 0.15) is 5.51 Å². The van der Waals surface area contributed by atoms with Gasteiger partial charge < -0.3 is 10.4 Å². The van der Waals surface area contributed by atoms with E-state index in [4.69, 9.17) is 0 Å². The predicted molar refractivity (Wildman–Crippen MR) is 47.2 cm³/mol. The van der Waals surface area contributed by atoms with Gasteiger partial charge in [-0.3, -0.25) is 0 Å². The zero-order valence-corrected chi connectivity index (χ0v) is 7.47. The molecule has 1 saturated carbocycles. The van der Waals surface area contributed by atoms with Gasteiger partial charge in [-0.15, -0.1) is 10.2 Å². The maximum Gasteiger partial charge on any atom is 0.205 e. The highest BCUT2D eigenvalue weighted by molar-refractivity contribution is 7.13. The Morgan fingerprint density at radius 1 is 1.67 bits per heavy atom. The Balaban J connectivity index is 1.82. The molecule has 12 heavy (non-hydrogen) atoms. The summed E-state index contributed by atoms with van der Waals surface area (Å²) in [7, 11) is 0. The summed E-state index contributed by atoms with van der Waals surface area (Å²) < 4.78 is 0. The van der Waals surface area contributed by atoms with E-state index in [9.17, 15) is 5.11 Å². The van der Waals surface area contributed by atoms with E-state index in [1.807, 2.05) is 0 Å². The molecule has 2 N–H and O–H groups in total. The fraction of sp³-hybridized carbons (Fsp3) is 0.714. The topological polar surface area (TPSA) is 58.0 Å². The molecule has 1 fully saturated rings. The summed E-state index contributed by atoms with van der Waals surface area (Å²) in [5.74, 6) is 0. The van der Waals surface area contributed by atoms with Gasteiger partial charge in [-0.05, 0) is 19.3 Å². The monoisotopic (exact) mass is 185 g/mol. The summed E-state index contributed by atoms with van der Waals surface area (Å²) in [4.78, 5) is 0. The molecule has 0 unspecified atom stereocenters. The van der Waals surface area contributed by atoms with Crippen LogP contribution >= 0.6 is 11.3 Å². The van der Waals surface area contributed by atoms with Crippen LogP contribution < -0.4 is 5.32 Å². The minimum atomic E-state index is -0.480. The number of hydrogen-bond acceptors (Lipinski definition) is 5. The van der Waals surface area contributed by atoms with Gasteiger partial charge in [0.15, 0.2) is 0 Å². The molecule has 66 valence electrons. The van der Waals surface area contributed by atoms with Crippen molar-refractivity contribution >= 4 is 16.5 Å². The van der Waals surface area contributed by atoms with Crippen molar-refractivity contribution in [2.45, 2.75) is 24.9 Å². The molecule has 1 aromatic heterocycles. The second kappa shape index (κ2) is 2.99. The van der Waals surface area contributed by atoms with Gasteiger partial charge in [0.05, 0.1) is 5.60 Å². The summed E-state index contributed by atoms with van der Waals surface area (Å²) in [6.45, 7) is 0.599. The van der Waals surface area contributed by atoms with Crippen LogP contribution in [0, 0.1) is 0 Å². The van der Waals surface area contributed by atoms with Gasteiger partial charge in [0.2, 0.25) is 5.13 Å². The van der Waals surface area contributed by atoms with Crippen molar-refractivity contribution in [3.8, 4) is 0 Å². The van der Waals surface area contributed by atoms with Crippen molar-refractivity contribution in [1.82, 2.24) is 10.2 Å². The first-order valence-electron chi connectivity index (χ1n) is 4.01. The standard InChI is InChI=1S/C7H11N3OS/c11-7(2-1-3-7)4-8-6-10-9-5-12-6/h5,11H,1-4H2,(H,8,10). The number of nitrogens with one attached hydrogen (secondary N) is 1. The number of hydrogen-bond donors (Lipinski definition) is 2. The lowest BCUT2D eigenvalue weighted by Crippen LogP contribution is -2.43. The van der Waals surface area contributed by atoms with Crippen LogP contribution in [-0.2, 0) is 0 Å². The van der Waals surface area contributed by atoms with Gasteiger partial charge >= 0.3 is 0 Å². The molecule has 0 amide bonds. The fourth-order valence-electron chi connectivity index (χ4n) is 1.25. The Labute approximate surface area is 74.6 Å². The van der Waals surface area contributed by atoms with Gasteiger partial charge in [-0.25, -0.2) is 0 Å². The molecule has 2 rings (SSSR count). The molecule has 4 nitrogen and oxygen atoms in total. The normalized spacial score (nSPS) is 20.1. The smallest absolute Gasteiger partial charge is 0.205 e. The second-order valence-electron chi connectivity index (χ2n) is 3.18. The summed E-state index contributed by atoms with van der Waals surface area (Å²) in [6.07, 6.45) is 2.94. The highest BCUT2D eigenvalue weighted by atomic mass is 32.1. The van der Waals surface area contributed by atoms with Gasteiger partial charge in [-0.1, -0.05) is 11.3 Å². The number of rotatable bonds is 3. The lowest BCUT2D eigenvalue weighted by atomic mass is 9.80. The Hall–Kier alpha value is -0.680. The Morgan fingerprint density at radius 3 is 3.00 bits per heavy atom. The maximum absolute atomic E-state index is 9.70. The van der Waals surface area contributed by atoms with Crippen molar-refractivity contribution in [2.75, 3.05) is 11.9 Å². The number of aromatic nitrogens is 2. The van der Waals surface area contributed by atoms with Crippen LogP contribution in [0.1, 0.15) is 19.3 Å². The van der Waals surface area contributed by atoms with Crippen LogP contribution in [-0.4, -0.2) is 27.4 Å². The zero-order chi connectivity index (χ0) is 8.44. The molecule has 1 aliphatic carbocycles. The largest absolute Gasteiger partial charge is 0.388 e. The lowest BCUT2D eigenvalue weighted by molar-refractivity contribution is -0.0202. The molecular formula is C7H11N3OS. The van der Waals surface area contributed by atoms with Gasteiger partial charge in [0.25, 0.3) is 0 Å². The van der Waals surface area contributed by atoms with E-state index in [1.165, 1.54) is 11.3 Å². The highest BCUT2D eigenvalue weighted by Gasteiger charge is 2.34. The summed E-state index contributed by atoms with van der Waals surface area (Å²) in [5, 5.41) is 21.1. The Bertz CT molecular complexity index is 245. The van der Waals surface area contributed by atoms with E-state index < -0.39 is 5.60 Å². The maximum atomic E-state index is 9.70. The Kier molecular flexibility index (Phi) is 1.98. The summed E-state index contributed by atoms with van der Waals surface area (Å²) in [5.41, 5.74) is 1.19. The van der Waals surface area contributed by atoms with Crippen molar-refractivity contribution in [3.05, 3.63) is 5.51 Å². The average molecular weight is 185 g/mol. The van der Waals surface area contributed by atoms with Crippen LogP contribution in [0.15, 0.2) is 5.51 Å². The van der Waals surface area contributed by atoms with E-state index >= 15 is 0 Å². The van der Waals surface area contributed by atoms with E-state index in [1.54, 1.807) is 5.51 Å². The minimum Gasteiger partial charge on any atom is -0.388 e. The van der Waals surface area contributed by atoms with Crippen molar-refractivity contribution in [3.63, 3.8) is 0 Å². The highest BCUT2D eigenvalue weighted by Crippen LogP contribution is 2.31. The third kappa shape index (κ3) is 1.56. The van der Waals surface area contributed by atoms with E-state index in [2.05, 4.69) is 15.5 Å². The molecule has 0 aliphatic heterocycles. The lowest BCUT2D eigenvalue weighted by Gasteiger charge is -2.36. The molecule has 5 heteroatoms. The predicted octanol–water partition coefficient (Wildman–Crippen LogP) is 0.865. The molecule has 0 atom stereocenters. The van der Waals surface area contributed by atoms with E-state index in [0.717, 1.165) is 24.4 Å². The third-order valence-electron chi connectivity index (χ3n) is 2.21. The van der Waals surface area contributed by atoms with Crippen molar-refractivity contribution < 1.29 is 5.11 Å². The minimum absolute atomic E-state index is 0.480. The first kappa shape index (κ1) is 7.94. The van der Waals surface area contributed by atoms with Gasteiger partial charge in [-0.2, -0.15) is 0 Å². The molecule has 0 saturated heterocycles. The quantitative estimate of drug-likeness (QED) is 0.733. The van der Waals surface area contributed by atoms with Crippen LogP contribution in [0.4, 0.5) is 5.13 Å². The fourth-order valence-corrected chi connectivity index (χ4v) is 1.70. The second-order valence-corrected chi connectivity index (χ2v) is 4.01. The first-order chi connectivity index (χ1) is 5.79. The summed E-state index contributed by atoms with van der Waals surface area (Å²) >= 11 is 1.45. The Morgan fingerprint density at radius 2 is 2.50 bits per heavy atom. The molecule has 1 aliphatic rings. The molecule has 0 spiro atoms. The van der Waals surface area contributed by atoms with Crippen LogP contribution in [0.25, 0.3) is 0 Å².